The Balaban J connectivity index is 1.83. The number of piperidine rings is 1. The molecule has 8 heteroatoms. The van der Waals surface area contributed by atoms with Crippen LogP contribution in [-0.4, -0.2) is 24.7 Å². The zero-order valence-corrected chi connectivity index (χ0v) is 15.8. The van der Waals surface area contributed by atoms with Crippen molar-refractivity contribution in [2.75, 3.05) is 11.4 Å². The zero-order valence-electron chi connectivity index (χ0n) is 15.0. The maximum absolute atomic E-state index is 12.9. The maximum atomic E-state index is 12.9. The van der Waals surface area contributed by atoms with Gasteiger partial charge in [-0.3, -0.25) is 4.79 Å². The molecule has 0 bridgehead atoms. The molecule has 0 radical (unpaired) electrons. The monoisotopic (exact) mass is 410 g/mol. The summed E-state index contributed by atoms with van der Waals surface area (Å²) in [5.41, 5.74) is 2.41. The number of anilines is 1. The summed E-state index contributed by atoms with van der Waals surface area (Å²) in [7, 11) is 0. The van der Waals surface area contributed by atoms with Crippen molar-refractivity contribution in [1.29, 1.82) is 0 Å². The average Bonchev–Trinajstić information content (AvgIpc) is 2.75. The molecule has 2 aliphatic heterocycles. The topological polar surface area (TPSA) is 41.6 Å². The summed E-state index contributed by atoms with van der Waals surface area (Å²) in [5, 5.41) is 2.70. The summed E-state index contributed by atoms with van der Waals surface area (Å²) in [6.07, 6.45) is -3.86. The predicted molar refractivity (Wildman–Crippen MR) is 100 cm³/mol. The highest BCUT2D eigenvalue weighted by Gasteiger charge is 2.44. The fourth-order valence-electron chi connectivity index (χ4n) is 3.95. The van der Waals surface area contributed by atoms with Gasteiger partial charge in [-0.15, -0.1) is 0 Å². The third-order valence-electron chi connectivity index (χ3n) is 5.14. The van der Waals surface area contributed by atoms with Gasteiger partial charge in [0.1, 0.15) is 5.75 Å². The van der Waals surface area contributed by atoms with E-state index in [1.54, 1.807) is 18.2 Å². The van der Waals surface area contributed by atoms with Gasteiger partial charge in [0.2, 0.25) is 0 Å². The lowest BCUT2D eigenvalue weighted by molar-refractivity contribution is -0.174. The number of carbonyl (C=O) groups is 1. The third-order valence-corrected chi connectivity index (χ3v) is 5.38. The zero-order chi connectivity index (χ0) is 20.1. The molecule has 1 saturated heterocycles. The number of nitrogens with zero attached hydrogens (tertiary/aromatic N) is 1. The fraction of sp³-hybridized carbons (Fsp3) is 0.350. The molecule has 2 aromatic rings. The van der Waals surface area contributed by atoms with Gasteiger partial charge in [0.05, 0.1) is 17.8 Å². The molecule has 4 rings (SSSR count). The van der Waals surface area contributed by atoms with Crippen molar-refractivity contribution < 1.29 is 22.7 Å². The van der Waals surface area contributed by atoms with Gasteiger partial charge >= 0.3 is 12.1 Å². The van der Waals surface area contributed by atoms with Gasteiger partial charge < -0.3 is 15.0 Å². The van der Waals surface area contributed by atoms with Gasteiger partial charge in [0.15, 0.2) is 5.75 Å². The van der Waals surface area contributed by atoms with Crippen LogP contribution in [0.15, 0.2) is 36.4 Å². The molecular formula is C20H18ClF3N2O2. The van der Waals surface area contributed by atoms with Crippen molar-refractivity contribution in [3.05, 3.63) is 52.5 Å². The van der Waals surface area contributed by atoms with Crippen molar-refractivity contribution in [1.82, 2.24) is 5.32 Å². The van der Waals surface area contributed by atoms with Crippen molar-refractivity contribution in [3.8, 4) is 11.5 Å². The number of alkyl halides is 3. The SMILES string of the molecule is Cc1ccc2c(c1)Oc1ccc(Cl)cc1N1CCC[C@@H](NC(=O)C(F)(F)F)[C@H]21. The number of hydrogen-bond donors (Lipinski definition) is 1. The Morgan fingerprint density at radius 2 is 2.00 bits per heavy atom. The van der Waals surface area contributed by atoms with Crippen LogP contribution in [0.3, 0.4) is 0 Å². The summed E-state index contributed by atoms with van der Waals surface area (Å²) in [5.74, 6) is -0.768. The Morgan fingerprint density at radius 1 is 1.21 bits per heavy atom. The molecule has 0 spiro atoms. The smallest absolute Gasteiger partial charge is 0.455 e. The van der Waals surface area contributed by atoms with Gasteiger partial charge in [0, 0.05) is 17.1 Å². The van der Waals surface area contributed by atoms with Crippen LogP contribution in [0.5, 0.6) is 11.5 Å². The summed E-state index contributed by atoms with van der Waals surface area (Å²) >= 11 is 6.18. The van der Waals surface area contributed by atoms with E-state index in [1.165, 1.54) is 0 Å². The van der Waals surface area contributed by atoms with Crippen LogP contribution in [-0.2, 0) is 4.79 Å². The van der Waals surface area contributed by atoms with Crippen LogP contribution in [0.4, 0.5) is 18.9 Å². The van der Waals surface area contributed by atoms with Crippen LogP contribution in [0.1, 0.15) is 30.0 Å². The molecule has 0 saturated carbocycles. The van der Waals surface area contributed by atoms with Crippen LogP contribution >= 0.6 is 11.6 Å². The number of amides is 1. The molecule has 1 amide bonds. The molecule has 148 valence electrons. The Bertz CT molecular complexity index is 932. The molecule has 2 aliphatic rings. The minimum absolute atomic E-state index is 0.437. The largest absolute Gasteiger partial charge is 0.471 e. The number of hydrogen-bond acceptors (Lipinski definition) is 3. The second-order valence-corrected chi connectivity index (χ2v) is 7.55. The number of ether oxygens (including phenoxy) is 1. The number of benzene rings is 2. The molecule has 2 atom stereocenters. The highest BCUT2D eigenvalue weighted by atomic mass is 35.5. The predicted octanol–water partition coefficient (Wildman–Crippen LogP) is 5.14. The molecular weight excluding hydrogens is 393 g/mol. The van der Waals surface area contributed by atoms with Crippen LogP contribution in [0, 0.1) is 6.92 Å². The maximum Gasteiger partial charge on any atom is 0.471 e. The fourth-order valence-corrected chi connectivity index (χ4v) is 4.11. The van der Waals surface area contributed by atoms with Crippen molar-refractivity contribution in [2.45, 2.75) is 38.0 Å². The van der Waals surface area contributed by atoms with Gasteiger partial charge in [0.25, 0.3) is 0 Å². The number of halogens is 4. The van der Waals surface area contributed by atoms with E-state index >= 15 is 0 Å². The van der Waals surface area contributed by atoms with Gasteiger partial charge in [-0.25, -0.2) is 0 Å². The first kappa shape index (κ1) is 18.9. The number of fused-ring (bicyclic) bond motifs is 5. The first-order valence-electron chi connectivity index (χ1n) is 8.96. The number of aryl methyl sites for hydroxylation is 1. The minimum atomic E-state index is -4.93. The number of nitrogens with one attached hydrogen (secondary N) is 1. The highest BCUT2D eigenvalue weighted by molar-refractivity contribution is 6.31. The highest BCUT2D eigenvalue weighted by Crippen LogP contribution is 2.48. The molecule has 28 heavy (non-hydrogen) atoms. The van der Waals surface area contributed by atoms with Crippen molar-refractivity contribution >= 4 is 23.2 Å². The molecule has 1 N–H and O–H groups in total. The standard InChI is InChI=1S/C20H18ClF3N2O2/c1-11-4-6-13-17(9-11)28-16-7-5-12(21)10-15(16)26-8-2-3-14(18(13)26)25-19(27)20(22,23)24/h4-7,9-10,14,18H,2-3,8H2,1H3,(H,25,27)/t14-,18+/m1/s1. The quantitative estimate of drug-likeness (QED) is 0.707. The summed E-state index contributed by atoms with van der Waals surface area (Å²) in [4.78, 5) is 13.6. The van der Waals surface area contributed by atoms with Gasteiger partial charge in [-0.1, -0.05) is 23.7 Å². The Morgan fingerprint density at radius 3 is 2.75 bits per heavy atom. The van der Waals surface area contributed by atoms with Crippen LogP contribution < -0.4 is 15.0 Å². The molecule has 0 unspecified atom stereocenters. The molecule has 4 nitrogen and oxygen atoms in total. The Hall–Kier alpha value is -2.41. The molecule has 0 aliphatic carbocycles. The molecule has 0 aromatic heterocycles. The van der Waals surface area contributed by atoms with E-state index in [0.717, 1.165) is 11.1 Å². The minimum Gasteiger partial charge on any atom is -0.455 e. The Labute approximate surface area is 165 Å². The van der Waals surface area contributed by atoms with E-state index in [0.29, 0.717) is 41.6 Å². The van der Waals surface area contributed by atoms with Crippen molar-refractivity contribution in [3.63, 3.8) is 0 Å². The van der Waals surface area contributed by atoms with Crippen LogP contribution in [0.25, 0.3) is 0 Å². The molecule has 2 aromatic carbocycles. The lowest BCUT2D eigenvalue weighted by atomic mass is 9.89. The normalized spacial score (nSPS) is 21.0. The summed E-state index contributed by atoms with van der Waals surface area (Å²) in [6.45, 7) is 2.53. The van der Waals surface area contributed by atoms with E-state index < -0.39 is 24.2 Å². The average molecular weight is 411 g/mol. The van der Waals surface area contributed by atoms with Crippen LogP contribution in [0.2, 0.25) is 5.02 Å². The first-order chi connectivity index (χ1) is 13.2. The number of carbonyl (C=O) groups excluding carboxylic acids is 1. The van der Waals surface area contributed by atoms with E-state index in [4.69, 9.17) is 16.3 Å². The Kier molecular flexibility index (Phi) is 4.65. The van der Waals surface area contributed by atoms with Gasteiger partial charge in [-0.2, -0.15) is 13.2 Å². The summed E-state index contributed by atoms with van der Waals surface area (Å²) < 4.78 is 44.8. The summed E-state index contributed by atoms with van der Waals surface area (Å²) in [6, 6.07) is 9.61. The van der Waals surface area contributed by atoms with E-state index in [9.17, 15) is 18.0 Å². The second-order valence-electron chi connectivity index (χ2n) is 7.11. The van der Waals surface area contributed by atoms with E-state index in [-0.39, 0.29) is 0 Å². The van der Waals surface area contributed by atoms with E-state index in [1.807, 2.05) is 30.0 Å². The van der Waals surface area contributed by atoms with Gasteiger partial charge in [-0.05, 0) is 49.6 Å². The van der Waals surface area contributed by atoms with Crippen molar-refractivity contribution in [2.24, 2.45) is 0 Å². The third kappa shape index (κ3) is 3.39. The number of rotatable bonds is 1. The molecule has 2 heterocycles. The lowest BCUT2D eigenvalue weighted by Crippen LogP contribution is -2.52. The second kappa shape index (κ2) is 6.88. The molecule has 1 fully saturated rings. The first-order valence-corrected chi connectivity index (χ1v) is 9.34. The lowest BCUT2D eigenvalue weighted by Gasteiger charge is -2.42. The van der Waals surface area contributed by atoms with E-state index in [2.05, 4.69) is 5.32 Å².